The molecule has 1 aliphatic rings. The van der Waals surface area contributed by atoms with Crippen molar-refractivity contribution < 1.29 is 28.6 Å². The number of halogens is 1. The Bertz CT molecular complexity index is 1050. The number of anilines is 1. The van der Waals surface area contributed by atoms with E-state index in [-0.39, 0.29) is 11.3 Å². The lowest BCUT2D eigenvalue weighted by Crippen LogP contribution is -2.54. The Kier molecular flexibility index (Phi) is 6.60. The van der Waals surface area contributed by atoms with Gasteiger partial charge in [0.05, 0.1) is 30.1 Å². The number of para-hydroxylation sites is 2. The van der Waals surface area contributed by atoms with Gasteiger partial charge in [0, 0.05) is 0 Å². The monoisotopic (exact) mass is 522 g/mol. The minimum Gasteiger partial charge on any atom is -0.493 e. The number of urea groups is 1. The number of benzene rings is 2. The van der Waals surface area contributed by atoms with E-state index >= 15 is 0 Å². The molecule has 8 nitrogen and oxygen atoms in total. The van der Waals surface area contributed by atoms with Crippen molar-refractivity contribution >= 4 is 52.2 Å². The zero-order chi connectivity index (χ0) is 21.8. The van der Waals surface area contributed by atoms with Crippen LogP contribution in [0.3, 0.4) is 0 Å². The van der Waals surface area contributed by atoms with Gasteiger partial charge in [-0.15, -0.1) is 0 Å². The first-order valence-electron chi connectivity index (χ1n) is 8.96. The number of hydrogen-bond acceptors (Lipinski definition) is 6. The molecule has 9 heteroatoms. The van der Waals surface area contributed by atoms with E-state index in [1.807, 2.05) is 0 Å². The number of nitrogens with one attached hydrogen (secondary N) is 1. The van der Waals surface area contributed by atoms with Crippen molar-refractivity contribution in [3.63, 3.8) is 0 Å². The maximum atomic E-state index is 13.1. The van der Waals surface area contributed by atoms with E-state index in [9.17, 15) is 14.4 Å². The van der Waals surface area contributed by atoms with Crippen molar-refractivity contribution in [3.05, 3.63) is 51.1 Å². The second-order valence-corrected chi connectivity index (χ2v) is 7.26. The lowest BCUT2D eigenvalue weighted by Gasteiger charge is -2.27. The molecule has 0 atom stereocenters. The average molecular weight is 522 g/mol. The number of carbonyl (C=O) groups is 3. The van der Waals surface area contributed by atoms with Gasteiger partial charge in [-0.1, -0.05) is 12.1 Å². The highest BCUT2D eigenvalue weighted by atomic mass is 127. The number of ether oxygens (including phenoxy) is 3. The molecule has 156 valence electrons. The topological polar surface area (TPSA) is 94.2 Å². The summed E-state index contributed by atoms with van der Waals surface area (Å²) >= 11 is 2.07. The van der Waals surface area contributed by atoms with Gasteiger partial charge in [-0.05, 0) is 65.4 Å². The van der Waals surface area contributed by atoms with Gasteiger partial charge in [-0.3, -0.25) is 14.9 Å². The predicted octanol–water partition coefficient (Wildman–Crippen LogP) is 3.37. The SMILES string of the molecule is CCOc1ccccc1N1C(=O)NC(=O)/C(=C\c2cc(I)c(OC)c(OC)c2)C1=O. The molecule has 4 amide bonds. The van der Waals surface area contributed by atoms with Gasteiger partial charge < -0.3 is 14.2 Å². The van der Waals surface area contributed by atoms with Gasteiger partial charge in [-0.2, -0.15) is 0 Å². The van der Waals surface area contributed by atoms with Gasteiger partial charge in [0.2, 0.25) is 0 Å². The van der Waals surface area contributed by atoms with Gasteiger partial charge >= 0.3 is 6.03 Å². The predicted molar refractivity (Wildman–Crippen MR) is 119 cm³/mol. The number of nitrogens with zero attached hydrogens (tertiary/aromatic N) is 1. The molecule has 3 rings (SSSR count). The Hall–Kier alpha value is -3.08. The largest absolute Gasteiger partial charge is 0.493 e. The van der Waals surface area contributed by atoms with Gasteiger partial charge in [0.25, 0.3) is 11.8 Å². The molecule has 1 aliphatic heterocycles. The zero-order valence-corrected chi connectivity index (χ0v) is 18.7. The summed E-state index contributed by atoms with van der Waals surface area (Å²) in [5, 5.41) is 2.21. The standard InChI is InChI=1S/C21H19IN2O6/c1-4-30-16-8-6-5-7-15(16)24-20(26)13(19(25)23-21(24)27)9-12-10-14(22)18(29-3)17(11-12)28-2/h5-11H,4H2,1-3H3,(H,23,25,27)/b13-9+. The first-order valence-corrected chi connectivity index (χ1v) is 10.0. The van der Waals surface area contributed by atoms with Crippen molar-refractivity contribution in [2.45, 2.75) is 6.92 Å². The lowest BCUT2D eigenvalue weighted by molar-refractivity contribution is -0.122. The van der Waals surface area contributed by atoms with Crippen LogP contribution in [0, 0.1) is 3.57 Å². The molecule has 2 aromatic rings. The molecule has 1 heterocycles. The van der Waals surface area contributed by atoms with Gasteiger partial charge in [0.1, 0.15) is 11.3 Å². The first kappa shape index (κ1) is 21.6. The first-order chi connectivity index (χ1) is 14.4. The summed E-state index contributed by atoms with van der Waals surface area (Å²) in [6.07, 6.45) is 1.41. The number of hydrogen-bond donors (Lipinski definition) is 1. The fourth-order valence-electron chi connectivity index (χ4n) is 2.98. The van der Waals surface area contributed by atoms with Crippen LogP contribution in [0.15, 0.2) is 42.0 Å². The lowest BCUT2D eigenvalue weighted by atomic mass is 10.1. The molecule has 0 bridgehead atoms. The summed E-state index contributed by atoms with van der Waals surface area (Å²) in [5.74, 6) is -0.171. The maximum Gasteiger partial charge on any atom is 0.336 e. The third-order valence-electron chi connectivity index (χ3n) is 4.27. The molecule has 30 heavy (non-hydrogen) atoms. The van der Waals surface area contributed by atoms with Crippen molar-refractivity contribution in [2.24, 2.45) is 0 Å². The highest BCUT2D eigenvalue weighted by Crippen LogP contribution is 2.35. The van der Waals surface area contributed by atoms with E-state index in [4.69, 9.17) is 14.2 Å². The Morgan fingerprint density at radius 2 is 1.80 bits per heavy atom. The number of carbonyl (C=O) groups excluding carboxylic acids is 3. The molecule has 0 unspecified atom stereocenters. The van der Waals surface area contributed by atoms with Crippen molar-refractivity contribution in [1.82, 2.24) is 5.32 Å². The Labute approximate surface area is 186 Å². The number of imide groups is 2. The molecule has 2 aromatic carbocycles. The summed E-state index contributed by atoms with van der Waals surface area (Å²) in [7, 11) is 3.02. The second-order valence-electron chi connectivity index (χ2n) is 6.10. The maximum absolute atomic E-state index is 13.1. The summed E-state index contributed by atoms with van der Waals surface area (Å²) in [6, 6.07) is 9.18. The molecule has 1 N–H and O–H groups in total. The minimum atomic E-state index is -0.837. The van der Waals surface area contributed by atoms with Crippen molar-refractivity contribution in [1.29, 1.82) is 0 Å². The molecule has 0 saturated carbocycles. The van der Waals surface area contributed by atoms with E-state index in [1.54, 1.807) is 43.3 Å². The fraction of sp³-hybridized carbons (Fsp3) is 0.190. The number of amides is 4. The molecule has 1 saturated heterocycles. The minimum absolute atomic E-state index is 0.191. The summed E-state index contributed by atoms with van der Waals surface area (Å²) < 4.78 is 16.9. The zero-order valence-electron chi connectivity index (χ0n) is 16.5. The fourth-order valence-corrected chi connectivity index (χ4v) is 3.83. The Morgan fingerprint density at radius 3 is 2.47 bits per heavy atom. The number of rotatable bonds is 6. The average Bonchev–Trinajstić information content (AvgIpc) is 2.72. The summed E-state index contributed by atoms with van der Waals surface area (Å²) in [4.78, 5) is 38.9. The smallest absolute Gasteiger partial charge is 0.336 e. The van der Waals surface area contributed by atoms with Crippen LogP contribution in [0.4, 0.5) is 10.5 Å². The highest BCUT2D eigenvalue weighted by molar-refractivity contribution is 14.1. The van der Waals surface area contributed by atoms with E-state index < -0.39 is 17.8 Å². The normalized spacial score (nSPS) is 15.3. The van der Waals surface area contributed by atoms with Crippen molar-refractivity contribution in [3.8, 4) is 17.2 Å². The molecule has 0 aliphatic carbocycles. The van der Waals surface area contributed by atoms with Crippen molar-refractivity contribution in [2.75, 3.05) is 25.7 Å². The Morgan fingerprint density at radius 1 is 1.07 bits per heavy atom. The van der Waals surface area contributed by atoms with Crippen LogP contribution in [0.25, 0.3) is 6.08 Å². The van der Waals surface area contributed by atoms with Gasteiger partial charge in [0.15, 0.2) is 11.5 Å². The number of methoxy groups -OCH3 is 2. The summed E-state index contributed by atoms with van der Waals surface area (Å²) in [5.41, 5.74) is 0.606. The molecule has 1 fully saturated rings. The number of barbiturate groups is 1. The van der Waals surface area contributed by atoms with Crippen LogP contribution in [0.2, 0.25) is 0 Å². The molecular formula is C21H19IN2O6. The quantitative estimate of drug-likeness (QED) is 0.355. The van der Waals surface area contributed by atoms with Crippen LogP contribution < -0.4 is 24.4 Å². The van der Waals surface area contributed by atoms with Crippen LogP contribution in [-0.4, -0.2) is 38.7 Å². The van der Waals surface area contributed by atoms with Crippen LogP contribution in [-0.2, 0) is 9.59 Å². The third kappa shape index (κ3) is 4.11. The summed E-state index contributed by atoms with van der Waals surface area (Å²) in [6.45, 7) is 2.15. The van der Waals surface area contributed by atoms with Crippen LogP contribution in [0.5, 0.6) is 17.2 Å². The molecule has 0 radical (unpaired) electrons. The van der Waals surface area contributed by atoms with E-state index in [1.165, 1.54) is 20.3 Å². The molecular weight excluding hydrogens is 503 g/mol. The van der Waals surface area contributed by atoms with E-state index in [0.29, 0.717) is 29.4 Å². The molecule has 0 aromatic heterocycles. The van der Waals surface area contributed by atoms with E-state index in [0.717, 1.165) is 8.47 Å². The third-order valence-corrected chi connectivity index (χ3v) is 5.08. The highest BCUT2D eigenvalue weighted by Gasteiger charge is 2.38. The van der Waals surface area contributed by atoms with Gasteiger partial charge in [-0.25, -0.2) is 9.69 Å². The van der Waals surface area contributed by atoms with Crippen LogP contribution >= 0.6 is 22.6 Å². The molecule has 0 spiro atoms. The van der Waals surface area contributed by atoms with E-state index in [2.05, 4.69) is 27.9 Å². The second kappa shape index (κ2) is 9.16. The Balaban J connectivity index is 2.07. The van der Waals surface area contributed by atoms with Crippen LogP contribution in [0.1, 0.15) is 12.5 Å².